The molecule has 0 spiro atoms. The van der Waals surface area contributed by atoms with Crippen molar-refractivity contribution in [3.8, 4) is 17.2 Å². The van der Waals surface area contributed by atoms with Crippen LogP contribution in [0.15, 0.2) is 24.3 Å². The molecule has 4 rings (SSSR count). The third-order valence-corrected chi connectivity index (χ3v) is 4.81. The normalized spacial score (nSPS) is 14.3. The fourth-order valence-corrected chi connectivity index (χ4v) is 3.81. The molecule has 0 unspecified atom stereocenters. The van der Waals surface area contributed by atoms with Gasteiger partial charge in [0.2, 0.25) is 0 Å². The Morgan fingerprint density at radius 1 is 0.810 bits per heavy atom. The zero-order valence-electron chi connectivity index (χ0n) is 12.5. The number of nitrogens with zero attached hydrogens (tertiary/aromatic N) is 2. The molecule has 2 aromatic rings. The van der Waals surface area contributed by atoms with Gasteiger partial charge in [-0.2, -0.15) is 5.26 Å². The second-order valence-corrected chi connectivity index (χ2v) is 6.31. The van der Waals surface area contributed by atoms with E-state index in [-0.39, 0.29) is 0 Å². The van der Waals surface area contributed by atoms with Gasteiger partial charge < -0.3 is 4.90 Å². The predicted molar refractivity (Wildman–Crippen MR) is 85.7 cm³/mol. The van der Waals surface area contributed by atoms with Crippen molar-refractivity contribution in [2.45, 2.75) is 25.7 Å². The Bertz CT molecular complexity index is 744. The van der Waals surface area contributed by atoms with Gasteiger partial charge in [0.15, 0.2) is 0 Å². The maximum Gasteiger partial charge on any atom is 0.0991 e. The maximum atomic E-state index is 9.21. The largest absolute Gasteiger partial charge is 0.378 e. The summed E-state index contributed by atoms with van der Waals surface area (Å²) in [5, 5.41) is 9.21. The summed E-state index contributed by atoms with van der Waals surface area (Å²) in [4.78, 5) is 2.20. The van der Waals surface area contributed by atoms with Crippen molar-refractivity contribution >= 4 is 5.69 Å². The van der Waals surface area contributed by atoms with Gasteiger partial charge in [-0.3, -0.25) is 0 Å². The number of hydrogen-bond donors (Lipinski definition) is 0. The molecule has 2 aliphatic carbocycles. The van der Waals surface area contributed by atoms with Crippen LogP contribution in [0, 0.1) is 11.3 Å². The summed E-state index contributed by atoms with van der Waals surface area (Å²) in [6.45, 7) is 0. The minimum atomic E-state index is 0.820. The van der Waals surface area contributed by atoms with Crippen LogP contribution in [0.5, 0.6) is 0 Å². The van der Waals surface area contributed by atoms with E-state index in [9.17, 15) is 5.26 Å². The summed E-state index contributed by atoms with van der Waals surface area (Å²) < 4.78 is 0. The number of aryl methyl sites for hydroxylation is 4. The van der Waals surface area contributed by atoms with E-state index in [1.165, 1.54) is 39.1 Å². The molecule has 0 N–H and O–H groups in total. The number of benzene rings is 2. The van der Waals surface area contributed by atoms with Gasteiger partial charge in [-0.25, -0.2) is 0 Å². The van der Waals surface area contributed by atoms with Crippen molar-refractivity contribution in [1.29, 1.82) is 5.26 Å². The van der Waals surface area contributed by atoms with Gasteiger partial charge in [0, 0.05) is 19.8 Å². The van der Waals surface area contributed by atoms with Gasteiger partial charge in [0.25, 0.3) is 0 Å². The van der Waals surface area contributed by atoms with Crippen LogP contribution in [0.25, 0.3) is 11.1 Å². The first-order chi connectivity index (χ1) is 10.2. The summed E-state index contributed by atoms with van der Waals surface area (Å²) in [5.74, 6) is 0. The van der Waals surface area contributed by atoms with Gasteiger partial charge in [-0.15, -0.1) is 0 Å². The Labute approximate surface area is 125 Å². The number of nitriles is 1. The quantitative estimate of drug-likeness (QED) is 0.796. The highest BCUT2D eigenvalue weighted by molar-refractivity contribution is 5.83. The molecule has 2 nitrogen and oxygen atoms in total. The van der Waals surface area contributed by atoms with Crippen LogP contribution in [-0.4, -0.2) is 14.1 Å². The third kappa shape index (κ3) is 1.77. The number of rotatable bonds is 1. The standard InChI is InChI=1S/C19H18N2/c1-21(2)17-9-15-5-3-13-7-12(11-20)8-14-4-6-16(10-17)19(15)18(13)14/h7-10H,3-6H2,1-2H3. The van der Waals surface area contributed by atoms with Crippen molar-refractivity contribution in [1.82, 2.24) is 0 Å². The van der Waals surface area contributed by atoms with Crippen molar-refractivity contribution in [3.63, 3.8) is 0 Å². The summed E-state index contributed by atoms with van der Waals surface area (Å²) in [5.41, 5.74) is 10.7. The first-order valence-corrected chi connectivity index (χ1v) is 7.57. The van der Waals surface area contributed by atoms with E-state index in [0.29, 0.717) is 0 Å². The molecule has 2 aromatic carbocycles. The lowest BCUT2D eigenvalue weighted by molar-refractivity contribution is 0.873. The second-order valence-electron chi connectivity index (χ2n) is 6.31. The molecule has 0 aliphatic heterocycles. The van der Waals surface area contributed by atoms with Crippen LogP contribution in [0.3, 0.4) is 0 Å². The SMILES string of the molecule is CN(C)c1cc2c3c(c1)CCc1cc(C#N)cc(c1-3)CC2. The Hall–Kier alpha value is -2.27. The molecule has 104 valence electrons. The minimum Gasteiger partial charge on any atom is -0.378 e. The lowest BCUT2D eigenvalue weighted by atomic mass is 9.74. The van der Waals surface area contributed by atoms with E-state index in [0.717, 1.165) is 31.2 Å². The van der Waals surface area contributed by atoms with Crippen molar-refractivity contribution < 1.29 is 0 Å². The van der Waals surface area contributed by atoms with Crippen LogP contribution < -0.4 is 4.90 Å². The first kappa shape index (κ1) is 12.5. The minimum absolute atomic E-state index is 0.820. The molecule has 0 amide bonds. The topological polar surface area (TPSA) is 27.0 Å². The molecule has 21 heavy (non-hydrogen) atoms. The van der Waals surface area contributed by atoms with Crippen LogP contribution >= 0.6 is 0 Å². The fourth-order valence-electron chi connectivity index (χ4n) is 3.81. The van der Waals surface area contributed by atoms with E-state index in [2.05, 4.69) is 49.3 Å². The van der Waals surface area contributed by atoms with Crippen molar-refractivity contribution in [3.05, 3.63) is 52.1 Å². The van der Waals surface area contributed by atoms with Gasteiger partial charge in [0.05, 0.1) is 11.6 Å². The lowest BCUT2D eigenvalue weighted by Crippen LogP contribution is -2.17. The summed E-state index contributed by atoms with van der Waals surface area (Å²) in [6, 6.07) is 11.2. The highest BCUT2D eigenvalue weighted by Gasteiger charge is 2.26. The Morgan fingerprint density at radius 3 is 1.62 bits per heavy atom. The molecule has 0 heterocycles. The summed E-state index contributed by atoms with van der Waals surface area (Å²) in [7, 11) is 4.22. The van der Waals surface area contributed by atoms with E-state index < -0.39 is 0 Å². The van der Waals surface area contributed by atoms with E-state index in [4.69, 9.17) is 0 Å². The molecular weight excluding hydrogens is 256 g/mol. The van der Waals surface area contributed by atoms with E-state index in [1.54, 1.807) is 0 Å². The molecule has 0 bridgehead atoms. The molecule has 0 saturated heterocycles. The zero-order chi connectivity index (χ0) is 14.6. The Balaban J connectivity index is 2.00. The van der Waals surface area contributed by atoms with Crippen LogP contribution in [0.2, 0.25) is 0 Å². The predicted octanol–water partition coefficient (Wildman–Crippen LogP) is 3.49. The van der Waals surface area contributed by atoms with Crippen LogP contribution in [0.4, 0.5) is 5.69 Å². The zero-order valence-corrected chi connectivity index (χ0v) is 12.5. The molecule has 0 aromatic heterocycles. The average Bonchev–Trinajstić information content (AvgIpc) is 2.51. The highest BCUT2D eigenvalue weighted by Crippen LogP contribution is 2.44. The summed E-state index contributed by atoms with van der Waals surface area (Å²) in [6.07, 6.45) is 4.29. The van der Waals surface area contributed by atoms with Crippen molar-refractivity contribution in [2.24, 2.45) is 0 Å². The first-order valence-electron chi connectivity index (χ1n) is 7.57. The molecular formula is C19H18N2. The van der Waals surface area contributed by atoms with Gasteiger partial charge in [-0.05, 0) is 83.3 Å². The van der Waals surface area contributed by atoms with Gasteiger partial charge in [0.1, 0.15) is 0 Å². The Kier molecular flexibility index (Phi) is 2.59. The number of hydrogen-bond acceptors (Lipinski definition) is 2. The van der Waals surface area contributed by atoms with Crippen LogP contribution in [-0.2, 0) is 25.7 Å². The van der Waals surface area contributed by atoms with Crippen LogP contribution in [0.1, 0.15) is 27.8 Å². The van der Waals surface area contributed by atoms with Gasteiger partial charge in [-0.1, -0.05) is 0 Å². The molecule has 0 radical (unpaired) electrons. The monoisotopic (exact) mass is 274 g/mol. The fraction of sp³-hybridized carbons (Fsp3) is 0.316. The lowest BCUT2D eigenvalue weighted by Gasteiger charge is -2.31. The summed E-state index contributed by atoms with van der Waals surface area (Å²) >= 11 is 0. The molecule has 0 atom stereocenters. The second kappa shape index (κ2) is 4.36. The molecule has 0 fully saturated rings. The van der Waals surface area contributed by atoms with Crippen molar-refractivity contribution in [2.75, 3.05) is 19.0 Å². The Morgan fingerprint density at radius 2 is 1.24 bits per heavy atom. The van der Waals surface area contributed by atoms with E-state index in [1.807, 2.05) is 0 Å². The average molecular weight is 274 g/mol. The smallest absolute Gasteiger partial charge is 0.0991 e. The van der Waals surface area contributed by atoms with E-state index >= 15 is 0 Å². The third-order valence-electron chi connectivity index (χ3n) is 4.81. The molecule has 0 saturated carbocycles. The van der Waals surface area contributed by atoms with Gasteiger partial charge >= 0.3 is 0 Å². The molecule has 2 aliphatic rings. The molecule has 2 heteroatoms. The number of anilines is 1. The highest BCUT2D eigenvalue weighted by atomic mass is 15.1. The maximum absolute atomic E-state index is 9.21.